The molecule has 3 heteroatoms. The number of hydrogen-bond donors (Lipinski definition) is 0. The second-order valence-electron chi connectivity index (χ2n) is 2.39. The van der Waals surface area contributed by atoms with Gasteiger partial charge >= 0.3 is 0 Å². The Morgan fingerprint density at radius 2 is 2.23 bits per heavy atom. The van der Waals surface area contributed by atoms with E-state index in [1.807, 2.05) is 6.07 Å². The van der Waals surface area contributed by atoms with Crippen LogP contribution in [-0.4, -0.2) is 7.11 Å². The Morgan fingerprint density at radius 3 is 2.85 bits per heavy atom. The van der Waals surface area contributed by atoms with Crippen LogP contribution in [0.15, 0.2) is 24.3 Å². The van der Waals surface area contributed by atoms with Crippen molar-refractivity contribution in [2.24, 2.45) is 0 Å². The first-order chi connectivity index (χ1) is 6.26. The van der Waals surface area contributed by atoms with Crippen molar-refractivity contribution in [1.82, 2.24) is 0 Å². The van der Waals surface area contributed by atoms with E-state index in [1.165, 1.54) is 31.4 Å². The van der Waals surface area contributed by atoms with E-state index in [2.05, 4.69) is 0 Å². The predicted molar refractivity (Wildman–Crippen MR) is 47.6 cm³/mol. The number of ether oxygens (including phenoxy) is 1. The molecule has 0 fully saturated rings. The third-order valence-electron chi connectivity index (χ3n) is 1.48. The topological polar surface area (TPSA) is 33.0 Å². The molecule has 13 heavy (non-hydrogen) atoms. The summed E-state index contributed by atoms with van der Waals surface area (Å²) < 4.78 is 17.7. The number of allylic oxidation sites excluding steroid dienone is 1. The van der Waals surface area contributed by atoms with Gasteiger partial charge in [-0.3, -0.25) is 0 Å². The van der Waals surface area contributed by atoms with Gasteiger partial charge in [-0.25, -0.2) is 4.39 Å². The van der Waals surface area contributed by atoms with Crippen molar-refractivity contribution in [2.45, 2.75) is 0 Å². The molecule has 0 heterocycles. The Morgan fingerprint density at radius 1 is 1.46 bits per heavy atom. The normalized spacial score (nSPS) is 9.92. The van der Waals surface area contributed by atoms with Crippen LogP contribution in [0.3, 0.4) is 0 Å². The van der Waals surface area contributed by atoms with Gasteiger partial charge in [-0.05, 0) is 23.8 Å². The van der Waals surface area contributed by atoms with E-state index < -0.39 is 0 Å². The van der Waals surface area contributed by atoms with Crippen LogP contribution < -0.4 is 4.74 Å². The summed E-state index contributed by atoms with van der Waals surface area (Å²) in [6.45, 7) is 0. The smallest absolute Gasteiger partial charge is 0.127 e. The minimum Gasteiger partial charge on any atom is -0.497 e. The summed E-state index contributed by atoms with van der Waals surface area (Å²) in [6, 6.07) is 6.09. The van der Waals surface area contributed by atoms with E-state index in [9.17, 15) is 4.39 Å². The monoisotopic (exact) mass is 177 g/mol. The van der Waals surface area contributed by atoms with Gasteiger partial charge in [0.25, 0.3) is 0 Å². The maximum absolute atomic E-state index is 12.8. The third-order valence-corrected chi connectivity index (χ3v) is 1.48. The molecule has 1 aromatic rings. The molecule has 0 bridgehead atoms. The van der Waals surface area contributed by atoms with Crippen molar-refractivity contribution in [3.63, 3.8) is 0 Å². The summed E-state index contributed by atoms with van der Waals surface area (Å²) in [4.78, 5) is 0. The molecule has 0 amide bonds. The van der Waals surface area contributed by atoms with Crippen LogP contribution in [0.4, 0.5) is 4.39 Å². The summed E-state index contributed by atoms with van der Waals surface area (Å²) in [5, 5.41) is 8.26. The molecule has 0 aliphatic carbocycles. The van der Waals surface area contributed by atoms with Gasteiger partial charge in [0.2, 0.25) is 0 Å². The van der Waals surface area contributed by atoms with Crippen LogP contribution in [0.2, 0.25) is 0 Å². The van der Waals surface area contributed by atoms with Gasteiger partial charge in [-0.1, -0.05) is 0 Å². The van der Waals surface area contributed by atoms with Crippen LogP contribution in [-0.2, 0) is 0 Å². The maximum Gasteiger partial charge on any atom is 0.127 e. The second-order valence-corrected chi connectivity index (χ2v) is 2.39. The zero-order chi connectivity index (χ0) is 9.68. The fourth-order valence-electron chi connectivity index (χ4n) is 0.932. The van der Waals surface area contributed by atoms with E-state index in [0.717, 1.165) is 0 Å². The number of rotatable bonds is 2. The van der Waals surface area contributed by atoms with Gasteiger partial charge in [-0.2, -0.15) is 5.26 Å². The first kappa shape index (κ1) is 9.27. The minimum atomic E-state index is -0.378. The minimum absolute atomic E-state index is 0.378. The average molecular weight is 177 g/mol. The highest BCUT2D eigenvalue weighted by Gasteiger charge is 1.97. The largest absolute Gasteiger partial charge is 0.497 e. The van der Waals surface area contributed by atoms with Crippen LogP contribution in [0.1, 0.15) is 5.56 Å². The number of methoxy groups -OCH3 is 1. The number of halogens is 1. The molecule has 0 spiro atoms. The number of benzene rings is 1. The standard InChI is InChI=1S/C10H8FNO/c1-13-10-6-8(3-2-4-12)5-9(11)7-10/h2-3,5-7H,1H3. The van der Waals surface area contributed by atoms with Gasteiger partial charge in [0.1, 0.15) is 11.6 Å². The molecule has 0 aromatic heterocycles. The van der Waals surface area contributed by atoms with Gasteiger partial charge in [0, 0.05) is 12.1 Å². The summed E-state index contributed by atoms with van der Waals surface area (Å²) in [5.74, 6) is 0.0644. The Labute approximate surface area is 75.9 Å². The molecule has 2 nitrogen and oxygen atoms in total. The second kappa shape index (κ2) is 4.27. The van der Waals surface area contributed by atoms with E-state index in [-0.39, 0.29) is 5.82 Å². The van der Waals surface area contributed by atoms with E-state index in [0.29, 0.717) is 11.3 Å². The lowest BCUT2D eigenvalue weighted by atomic mass is 10.2. The summed E-state index contributed by atoms with van der Waals surface area (Å²) in [6.07, 6.45) is 2.81. The predicted octanol–water partition coefficient (Wildman–Crippen LogP) is 2.37. The molecular weight excluding hydrogens is 169 g/mol. The van der Waals surface area contributed by atoms with Crippen LogP contribution in [0.25, 0.3) is 6.08 Å². The molecule has 0 saturated heterocycles. The van der Waals surface area contributed by atoms with Crippen LogP contribution in [0, 0.1) is 17.1 Å². The molecule has 0 aliphatic heterocycles. The summed E-state index contributed by atoms with van der Waals surface area (Å²) in [5.41, 5.74) is 0.610. The molecule has 0 unspecified atom stereocenters. The molecule has 0 saturated carbocycles. The van der Waals surface area contributed by atoms with Crippen molar-refractivity contribution in [2.75, 3.05) is 7.11 Å². The summed E-state index contributed by atoms with van der Waals surface area (Å²) >= 11 is 0. The van der Waals surface area contributed by atoms with Crippen molar-refractivity contribution in [3.05, 3.63) is 35.7 Å². The van der Waals surface area contributed by atoms with Crippen molar-refractivity contribution in [1.29, 1.82) is 5.26 Å². The number of nitriles is 1. The Kier molecular flexibility index (Phi) is 3.04. The third kappa shape index (κ3) is 2.60. The molecule has 1 aromatic carbocycles. The molecule has 66 valence electrons. The van der Waals surface area contributed by atoms with Gasteiger partial charge in [-0.15, -0.1) is 0 Å². The molecule has 0 aliphatic rings. The quantitative estimate of drug-likeness (QED) is 0.649. The maximum atomic E-state index is 12.8. The van der Waals surface area contributed by atoms with Gasteiger partial charge in [0.15, 0.2) is 0 Å². The fourth-order valence-corrected chi connectivity index (χ4v) is 0.932. The SMILES string of the molecule is COc1cc(F)cc(C=CC#N)c1. The zero-order valence-corrected chi connectivity index (χ0v) is 7.12. The Hall–Kier alpha value is -1.82. The molecule has 0 N–H and O–H groups in total. The highest BCUT2D eigenvalue weighted by atomic mass is 19.1. The van der Waals surface area contributed by atoms with E-state index in [1.54, 1.807) is 6.07 Å². The van der Waals surface area contributed by atoms with Gasteiger partial charge < -0.3 is 4.74 Å². The zero-order valence-electron chi connectivity index (χ0n) is 7.12. The first-order valence-corrected chi connectivity index (χ1v) is 3.67. The lowest BCUT2D eigenvalue weighted by Gasteiger charge is -2.00. The van der Waals surface area contributed by atoms with Crippen LogP contribution >= 0.6 is 0 Å². The van der Waals surface area contributed by atoms with Crippen molar-refractivity contribution in [3.8, 4) is 11.8 Å². The van der Waals surface area contributed by atoms with Crippen molar-refractivity contribution >= 4 is 6.08 Å². The average Bonchev–Trinajstić information content (AvgIpc) is 2.14. The van der Waals surface area contributed by atoms with E-state index in [4.69, 9.17) is 10.00 Å². The van der Waals surface area contributed by atoms with Crippen molar-refractivity contribution < 1.29 is 9.13 Å². The number of hydrogen-bond acceptors (Lipinski definition) is 2. The molecular formula is C10H8FNO. The lowest BCUT2D eigenvalue weighted by molar-refractivity contribution is 0.411. The van der Waals surface area contributed by atoms with E-state index >= 15 is 0 Å². The first-order valence-electron chi connectivity index (χ1n) is 3.67. The molecule has 1 rings (SSSR count). The highest BCUT2D eigenvalue weighted by molar-refractivity contribution is 5.54. The fraction of sp³-hybridized carbons (Fsp3) is 0.100. The molecule has 0 atom stereocenters. The number of nitrogens with zero attached hydrogens (tertiary/aromatic N) is 1. The summed E-state index contributed by atoms with van der Waals surface area (Å²) in [7, 11) is 1.46. The van der Waals surface area contributed by atoms with Crippen LogP contribution in [0.5, 0.6) is 5.75 Å². The Bertz CT molecular complexity index is 366. The molecule has 0 radical (unpaired) electrons. The highest BCUT2D eigenvalue weighted by Crippen LogP contribution is 2.16. The van der Waals surface area contributed by atoms with Gasteiger partial charge in [0.05, 0.1) is 13.2 Å². The Balaban J connectivity index is 3.03. The lowest BCUT2D eigenvalue weighted by Crippen LogP contribution is -1.85.